The van der Waals surface area contributed by atoms with Gasteiger partial charge in [0.15, 0.2) is 0 Å². The number of carbonyl (C=O) groups is 4. The first-order valence-electron chi connectivity index (χ1n) is 9.38. The minimum absolute atomic E-state index is 0.183. The van der Waals surface area contributed by atoms with Gasteiger partial charge in [-0.3, -0.25) is 19.7 Å². The molecule has 144 valence electrons. The molecule has 0 radical (unpaired) electrons. The van der Waals surface area contributed by atoms with Gasteiger partial charge in [0.1, 0.15) is 5.54 Å². The molecule has 7 heteroatoms. The predicted octanol–water partition coefficient (Wildman–Crippen LogP) is 1.80. The van der Waals surface area contributed by atoms with Gasteiger partial charge in [-0.05, 0) is 37.0 Å². The molecule has 2 fully saturated rings. The monoisotopic (exact) mass is 372 g/mol. The highest BCUT2D eigenvalue weighted by Gasteiger charge is 2.40. The highest BCUT2D eigenvalue weighted by Crippen LogP contribution is 2.28. The molecular weight excluding hydrogens is 348 g/mol. The summed E-state index contributed by atoms with van der Waals surface area (Å²) >= 11 is 0. The molecule has 1 aliphatic heterocycles. The van der Waals surface area contributed by atoms with E-state index < -0.39 is 17.4 Å². The zero-order chi connectivity index (χ0) is 19.4. The maximum absolute atomic E-state index is 12.6. The highest BCUT2D eigenvalue weighted by molar-refractivity contribution is 6.03. The van der Waals surface area contributed by atoms with E-state index in [-0.39, 0.29) is 24.2 Å². The summed E-state index contributed by atoms with van der Waals surface area (Å²) in [7, 11) is 0. The lowest BCUT2D eigenvalue weighted by Crippen LogP contribution is -2.54. The molecule has 1 aromatic rings. The zero-order valence-corrected chi connectivity index (χ0v) is 15.1. The molecule has 0 spiro atoms. The number of carboxylic acids is 1. The summed E-state index contributed by atoms with van der Waals surface area (Å²) in [5.74, 6) is -2.29. The summed E-state index contributed by atoms with van der Waals surface area (Å²) in [6, 6.07) is 6.74. The van der Waals surface area contributed by atoms with Crippen molar-refractivity contribution in [2.75, 3.05) is 0 Å². The third-order valence-electron chi connectivity index (χ3n) is 5.48. The van der Waals surface area contributed by atoms with Crippen LogP contribution in [0.3, 0.4) is 0 Å². The van der Waals surface area contributed by atoms with Crippen molar-refractivity contribution in [1.82, 2.24) is 10.6 Å². The van der Waals surface area contributed by atoms with Gasteiger partial charge in [0.2, 0.25) is 11.8 Å². The van der Waals surface area contributed by atoms with Gasteiger partial charge in [-0.2, -0.15) is 0 Å². The molecule has 3 rings (SSSR count). The van der Waals surface area contributed by atoms with Crippen molar-refractivity contribution < 1.29 is 24.3 Å². The molecule has 1 saturated heterocycles. The normalized spacial score (nSPS) is 22.0. The standard InChI is InChI=1S/C20H24N2O5/c23-16-12-15(17(24)21-16)11-13-5-7-14(8-6-13)18(25)22-20(19(26)27)9-3-1-2-4-10-20/h5-8,15H,1-4,9-12H2,(H,22,25)(H,26,27)(H,21,23,24). The second-order valence-corrected chi connectivity index (χ2v) is 7.47. The highest BCUT2D eigenvalue weighted by atomic mass is 16.4. The molecule has 1 aliphatic carbocycles. The lowest BCUT2D eigenvalue weighted by molar-refractivity contribution is -0.145. The van der Waals surface area contributed by atoms with Crippen molar-refractivity contribution in [3.8, 4) is 0 Å². The molecule has 1 heterocycles. The third kappa shape index (κ3) is 4.35. The molecule has 27 heavy (non-hydrogen) atoms. The molecule has 3 N–H and O–H groups in total. The fraction of sp³-hybridized carbons (Fsp3) is 0.500. The van der Waals surface area contributed by atoms with Crippen LogP contribution in [0.4, 0.5) is 0 Å². The Morgan fingerprint density at radius 3 is 2.22 bits per heavy atom. The van der Waals surface area contributed by atoms with Crippen LogP contribution in [0.5, 0.6) is 0 Å². The van der Waals surface area contributed by atoms with Crippen molar-refractivity contribution in [3.63, 3.8) is 0 Å². The average Bonchev–Trinajstić information content (AvgIpc) is 2.82. The Balaban J connectivity index is 1.67. The summed E-state index contributed by atoms with van der Waals surface area (Å²) in [4.78, 5) is 47.3. The first-order valence-corrected chi connectivity index (χ1v) is 9.38. The summed E-state index contributed by atoms with van der Waals surface area (Å²) in [5, 5.41) is 14.7. The van der Waals surface area contributed by atoms with Gasteiger partial charge in [-0.25, -0.2) is 4.79 Å². The van der Waals surface area contributed by atoms with Crippen LogP contribution in [0.15, 0.2) is 24.3 Å². The van der Waals surface area contributed by atoms with Gasteiger partial charge in [0.25, 0.3) is 5.91 Å². The number of hydrogen-bond acceptors (Lipinski definition) is 4. The first-order chi connectivity index (χ1) is 12.9. The Morgan fingerprint density at radius 1 is 1.07 bits per heavy atom. The van der Waals surface area contributed by atoms with Gasteiger partial charge in [-0.15, -0.1) is 0 Å². The number of imide groups is 1. The molecule has 1 atom stereocenters. The fourth-order valence-electron chi connectivity index (χ4n) is 3.86. The van der Waals surface area contributed by atoms with Crippen LogP contribution in [-0.2, 0) is 20.8 Å². The Morgan fingerprint density at radius 2 is 1.70 bits per heavy atom. The quantitative estimate of drug-likeness (QED) is 0.539. The minimum atomic E-state index is -1.20. The van der Waals surface area contributed by atoms with E-state index in [1.807, 2.05) is 0 Å². The smallest absolute Gasteiger partial charge is 0.329 e. The topological polar surface area (TPSA) is 113 Å². The van der Waals surface area contributed by atoms with E-state index in [2.05, 4.69) is 10.6 Å². The van der Waals surface area contributed by atoms with Gasteiger partial charge < -0.3 is 10.4 Å². The van der Waals surface area contributed by atoms with E-state index in [4.69, 9.17) is 0 Å². The van der Waals surface area contributed by atoms with E-state index in [0.717, 1.165) is 31.2 Å². The number of aliphatic carboxylic acids is 1. The molecular formula is C20H24N2O5. The molecule has 1 unspecified atom stereocenters. The van der Waals surface area contributed by atoms with E-state index in [0.29, 0.717) is 24.8 Å². The van der Waals surface area contributed by atoms with Crippen molar-refractivity contribution in [1.29, 1.82) is 0 Å². The van der Waals surface area contributed by atoms with Crippen LogP contribution < -0.4 is 10.6 Å². The van der Waals surface area contributed by atoms with E-state index >= 15 is 0 Å². The van der Waals surface area contributed by atoms with Gasteiger partial charge >= 0.3 is 5.97 Å². The maximum atomic E-state index is 12.6. The van der Waals surface area contributed by atoms with Crippen LogP contribution in [0.2, 0.25) is 0 Å². The number of carbonyl (C=O) groups excluding carboxylic acids is 3. The van der Waals surface area contributed by atoms with Gasteiger partial charge in [0, 0.05) is 12.0 Å². The number of hydrogen-bond donors (Lipinski definition) is 3. The lowest BCUT2D eigenvalue weighted by Gasteiger charge is -2.29. The van der Waals surface area contributed by atoms with Crippen LogP contribution in [-0.4, -0.2) is 34.3 Å². The maximum Gasteiger partial charge on any atom is 0.329 e. The molecule has 0 aromatic heterocycles. The number of nitrogens with one attached hydrogen (secondary N) is 2. The Hall–Kier alpha value is -2.70. The fourth-order valence-corrected chi connectivity index (χ4v) is 3.86. The summed E-state index contributed by atoms with van der Waals surface area (Å²) in [6.45, 7) is 0. The minimum Gasteiger partial charge on any atom is -0.480 e. The summed E-state index contributed by atoms with van der Waals surface area (Å²) < 4.78 is 0. The molecule has 3 amide bonds. The predicted molar refractivity (Wildman–Crippen MR) is 96.9 cm³/mol. The van der Waals surface area contributed by atoms with Crippen molar-refractivity contribution >= 4 is 23.7 Å². The summed E-state index contributed by atoms with van der Waals surface area (Å²) in [5.41, 5.74) is 0.0357. The number of benzene rings is 1. The van der Waals surface area contributed by atoms with E-state index in [1.165, 1.54) is 0 Å². The third-order valence-corrected chi connectivity index (χ3v) is 5.48. The SMILES string of the molecule is O=C1CC(Cc2ccc(C(=O)NC3(C(=O)O)CCCCCC3)cc2)C(=O)N1. The van der Waals surface area contributed by atoms with Crippen LogP contribution in [0, 0.1) is 5.92 Å². The average molecular weight is 372 g/mol. The largest absolute Gasteiger partial charge is 0.480 e. The van der Waals surface area contributed by atoms with Crippen molar-refractivity contribution in [3.05, 3.63) is 35.4 Å². The summed E-state index contributed by atoms with van der Waals surface area (Å²) in [6.07, 6.45) is 5.03. The molecule has 1 saturated carbocycles. The first kappa shape index (κ1) is 19.1. The Kier molecular flexibility index (Phi) is 5.58. The second kappa shape index (κ2) is 7.90. The van der Waals surface area contributed by atoms with Crippen molar-refractivity contribution in [2.24, 2.45) is 5.92 Å². The second-order valence-electron chi connectivity index (χ2n) is 7.47. The van der Waals surface area contributed by atoms with Crippen LogP contribution in [0.25, 0.3) is 0 Å². The molecule has 2 aliphatic rings. The molecule has 7 nitrogen and oxygen atoms in total. The number of amides is 3. The molecule has 1 aromatic carbocycles. The van der Waals surface area contributed by atoms with E-state index in [9.17, 15) is 24.3 Å². The number of rotatable bonds is 5. The van der Waals surface area contributed by atoms with Crippen molar-refractivity contribution in [2.45, 2.75) is 56.9 Å². The Labute approximate surface area is 157 Å². The lowest BCUT2D eigenvalue weighted by atomic mass is 9.89. The Bertz CT molecular complexity index is 748. The molecule has 0 bridgehead atoms. The number of carboxylic acid groups (broad SMARTS) is 1. The zero-order valence-electron chi connectivity index (χ0n) is 15.1. The van der Waals surface area contributed by atoms with Crippen LogP contribution in [0.1, 0.15) is 60.9 Å². The van der Waals surface area contributed by atoms with Crippen LogP contribution >= 0.6 is 0 Å². The van der Waals surface area contributed by atoms with Gasteiger partial charge in [-0.1, -0.05) is 37.8 Å². The van der Waals surface area contributed by atoms with E-state index in [1.54, 1.807) is 24.3 Å². The van der Waals surface area contributed by atoms with Gasteiger partial charge in [0.05, 0.1) is 5.92 Å².